The molecule has 0 saturated heterocycles. The Kier molecular flexibility index (Phi) is 21.0. The van der Waals surface area contributed by atoms with Gasteiger partial charge >= 0.3 is 20.1 Å². The molecule has 8 aromatic carbocycles. The number of pyridine rings is 3. The average molecular weight is 1190 g/mol. The smallest absolute Gasteiger partial charge is 0.508 e. The van der Waals surface area contributed by atoms with Gasteiger partial charge < -0.3 is 29.3 Å². The molecule has 3 aromatic heterocycles. The van der Waals surface area contributed by atoms with Crippen LogP contribution in [0.1, 0.15) is 48.4 Å². The van der Waals surface area contributed by atoms with Crippen LogP contribution in [0, 0.1) is 24.1 Å². The second-order valence-electron chi connectivity index (χ2n) is 18.7. The molecule has 0 aliphatic rings. The molecule has 386 valence electrons. The van der Waals surface area contributed by atoms with Crippen LogP contribution in [0.25, 0.3) is 33.8 Å². The van der Waals surface area contributed by atoms with Crippen LogP contribution in [-0.4, -0.2) is 15.0 Å². The van der Waals surface area contributed by atoms with Crippen LogP contribution in [0.15, 0.2) is 273 Å². The molecule has 0 aliphatic carbocycles. The van der Waals surface area contributed by atoms with Crippen molar-refractivity contribution in [2.45, 2.75) is 45.8 Å². The Morgan fingerprint density at radius 1 is 0.397 bits per heavy atom. The first-order valence-corrected chi connectivity index (χ1v) is 26.1. The first kappa shape index (κ1) is 55.5. The first-order valence-electron chi connectivity index (χ1n) is 26.1. The normalized spacial score (nSPS) is 11.2. The molecule has 0 spiro atoms. The molecule has 6 nitrogen and oxygen atoms in total. The van der Waals surface area contributed by atoms with Gasteiger partial charge in [0.05, 0.1) is 0 Å². The Hall–Kier alpha value is -8.74. The quantitative estimate of drug-likeness (QED) is 0.0847. The van der Waals surface area contributed by atoms with E-state index >= 15 is 0 Å². The molecule has 11 aromatic rings. The number of para-hydroxylation sites is 2. The van der Waals surface area contributed by atoms with Crippen LogP contribution < -0.4 is 14.4 Å². The SMILES string of the molecule is CC(Cc1ccc(COc2ccc(N(c3ccccc3)c3ccccc3)cc2)cc1)CC(C)c1ccc(COc2cc[c-]c(-c3ccccn3)c2)cc1.[Ir+3].[c-]1ccccc1-c1ccccn1.[c-]1ccccc1-c1ccccn1. The summed E-state index contributed by atoms with van der Waals surface area (Å²) in [4.78, 5) is 15.1. The summed E-state index contributed by atoms with van der Waals surface area (Å²) in [5.41, 5.74) is 14.2. The zero-order valence-corrected chi connectivity index (χ0v) is 46.3. The van der Waals surface area contributed by atoms with Crippen molar-refractivity contribution in [3.05, 3.63) is 314 Å². The summed E-state index contributed by atoms with van der Waals surface area (Å²) in [7, 11) is 0. The molecule has 0 amide bonds. The van der Waals surface area contributed by atoms with Crippen molar-refractivity contribution >= 4 is 17.1 Å². The van der Waals surface area contributed by atoms with Gasteiger partial charge in [-0.3, -0.25) is 0 Å². The van der Waals surface area contributed by atoms with Crippen LogP contribution in [0.4, 0.5) is 17.1 Å². The third-order valence-corrected chi connectivity index (χ3v) is 12.9. The van der Waals surface area contributed by atoms with Gasteiger partial charge in [-0.25, -0.2) is 0 Å². The number of ether oxygens (including phenoxy) is 2. The molecule has 0 aliphatic heterocycles. The van der Waals surface area contributed by atoms with Gasteiger partial charge in [-0.15, -0.1) is 102 Å². The van der Waals surface area contributed by atoms with Crippen molar-refractivity contribution in [1.29, 1.82) is 0 Å². The van der Waals surface area contributed by atoms with Crippen LogP contribution in [0.3, 0.4) is 0 Å². The minimum Gasteiger partial charge on any atom is -0.508 e. The second-order valence-corrected chi connectivity index (χ2v) is 18.7. The summed E-state index contributed by atoms with van der Waals surface area (Å²) in [6.45, 7) is 5.73. The maximum Gasteiger partial charge on any atom is 3.00 e. The number of anilines is 3. The van der Waals surface area contributed by atoms with E-state index < -0.39 is 0 Å². The molecule has 0 radical (unpaired) electrons. The van der Waals surface area contributed by atoms with Crippen LogP contribution >= 0.6 is 0 Å². The summed E-state index contributed by atoms with van der Waals surface area (Å²) in [6, 6.07) is 95.6. The topological polar surface area (TPSA) is 60.4 Å². The largest absolute Gasteiger partial charge is 3.00 e. The van der Waals surface area contributed by atoms with Crippen LogP contribution in [0.5, 0.6) is 11.5 Å². The minimum absolute atomic E-state index is 0. The molecule has 0 fully saturated rings. The zero-order chi connectivity index (χ0) is 52.7. The second kappa shape index (κ2) is 29.5. The van der Waals surface area contributed by atoms with Crippen molar-refractivity contribution in [2.75, 3.05) is 4.90 Å². The van der Waals surface area contributed by atoms with Gasteiger partial charge in [0.1, 0.15) is 19.0 Å². The fraction of sp³-hybridized carbons (Fsp3) is 0.113. The van der Waals surface area contributed by atoms with Gasteiger partial charge in [0.2, 0.25) is 0 Å². The van der Waals surface area contributed by atoms with E-state index in [-0.39, 0.29) is 20.1 Å². The molecular formula is C71H61IrN4O2. The summed E-state index contributed by atoms with van der Waals surface area (Å²) in [5.74, 6) is 2.70. The van der Waals surface area contributed by atoms with E-state index in [4.69, 9.17) is 9.47 Å². The molecule has 0 saturated carbocycles. The molecule has 0 bridgehead atoms. The van der Waals surface area contributed by atoms with Crippen molar-refractivity contribution < 1.29 is 29.6 Å². The number of rotatable bonds is 17. The van der Waals surface area contributed by atoms with E-state index in [1.165, 1.54) is 11.1 Å². The number of aromatic nitrogens is 3. The third kappa shape index (κ3) is 16.6. The standard InChI is InChI=1S/C49H45N2O2.2C11H8N.Ir/c1-37(32-38(2)42-25-23-41(24-26-42)36-53-48-17-11-12-43(34-48)49-18-9-10-31-50-49)33-39-19-21-40(22-20-39)35-52-47-29-27-46(28-30-47)51(44-13-5-3-6-14-44)45-15-7-4-8-16-45;2*1-2-6-10(7-3-1)11-8-4-5-9-12-11;/h3-11,13-31,34,37-38H,32-33,35-36H2,1-2H3;2*1-6,8-9H;/q3*-1;+3. The molecule has 2 atom stereocenters. The zero-order valence-electron chi connectivity index (χ0n) is 43.9. The monoisotopic (exact) mass is 1190 g/mol. The van der Waals surface area contributed by atoms with Crippen molar-refractivity contribution in [3.63, 3.8) is 0 Å². The minimum atomic E-state index is 0. The maximum absolute atomic E-state index is 6.20. The van der Waals surface area contributed by atoms with Crippen molar-refractivity contribution in [1.82, 2.24) is 15.0 Å². The third-order valence-electron chi connectivity index (χ3n) is 12.9. The maximum atomic E-state index is 6.20. The van der Waals surface area contributed by atoms with E-state index in [1.807, 2.05) is 133 Å². The number of hydrogen-bond acceptors (Lipinski definition) is 6. The summed E-state index contributed by atoms with van der Waals surface area (Å²) in [6.07, 6.45) is 7.54. The fourth-order valence-corrected chi connectivity index (χ4v) is 8.92. The Morgan fingerprint density at radius 3 is 1.32 bits per heavy atom. The van der Waals surface area contributed by atoms with E-state index in [0.29, 0.717) is 25.0 Å². The van der Waals surface area contributed by atoms with Gasteiger partial charge in [-0.05, 0) is 131 Å². The molecular weight excluding hydrogens is 1130 g/mol. The van der Waals surface area contributed by atoms with Crippen LogP contribution in [0.2, 0.25) is 0 Å². The van der Waals surface area contributed by atoms with Crippen molar-refractivity contribution in [3.8, 4) is 45.3 Å². The molecule has 78 heavy (non-hydrogen) atoms. The summed E-state index contributed by atoms with van der Waals surface area (Å²) >= 11 is 0. The van der Waals surface area contributed by atoms with E-state index in [2.05, 4.69) is 173 Å². The average Bonchev–Trinajstić information content (AvgIpc) is 3.51. The first-order chi connectivity index (χ1) is 38.0. The Morgan fingerprint density at radius 2 is 0.833 bits per heavy atom. The molecule has 7 heteroatoms. The van der Waals surface area contributed by atoms with E-state index in [1.54, 1.807) is 18.6 Å². The predicted octanol–water partition coefficient (Wildman–Crippen LogP) is 17.6. The predicted molar refractivity (Wildman–Crippen MR) is 314 cm³/mol. The van der Waals surface area contributed by atoms with Crippen LogP contribution in [-0.2, 0) is 39.7 Å². The Labute approximate surface area is 474 Å². The van der Waals surface area contributed by atoms with Gasteiger partial charge in [-0.1, -0.05) is 135 Å². The molecule has 0 N–H and O–H groups in total. The van der Waals surface area contributed by atoms with Gasteiger partial charge in [0.25, 0.3) is 0 Å². The molecule has 2 unspecified atom stereocenters. The van der Waals surface area contributed by atoms with Gasteiger partial charge in [0.15, 0.2) is 0 Å². The van der Waals surface area contributed by atoms with E-state index in [0.717, 1.165) is 86.3 Å². The number of benzene rings is 8. The van der Waals surface area contributed by atoms with Crippen molar-refractivity contribution in [2.24, 2.45) is 5.92 Å². The number of nitrogens with zero attached hydrogens (tertiary/aromatic N) is 4. The Balaban J connectivity index is 0.000000260. The Bertz CT molecular complexity index is 3210. The molecule has 11 rings (SSSR count). The fourth-order valence-electron chi connectivity index (χ4n) is 8.92. The summed E-state index contributed by atoms with van der Waals surface area (Å²) in [5, 5.41) is 0. The van der Waals surface area contributed by atoms with Gasteiger partial charge in [-0.2, -0.15) is 0 Å². The molecule has 3 heterocycles. The number of hydrogen-bond donors (Lipinski definition) is 0. The van der Waals surface area contributed by atoms with E-state index in [9.17, 15) is 0 Å². The summed E-state index contributed by atoms with van der Waals surface area (Å²) < 4.78 is 12.3. The van der Waals surface area contributed by atoms with Gasteiger partial charge in [0, 0.05) is 41.4 Å².